The molecule has 0 fully saturated rings. The van der Waals surface area contributed by atoms with Gasteiger partial charge in [-0.1, -0.05) is 0 Å². The Kier molecular flexibility index (Phi) is 7.41. The first kappa shape index (κ1) is 15.4. The number of nitrogens with one attached hydrogen (secondary N) is 1. The van der Waals surface area contributed by atoms with Crippen molar-refractivity contribution in [1.82, 2.24) is 5.43 Å². The molecule has 16 heavy (non-hydrogen) atoms. The standard InChI is InChI=1S/C3H7N2O.3C3H5.Sn/c1-2-3(6)5-4;3*1-3-2;/h2H,4H2,1H3,(H,5,6);3*3H,1-2H2;. The second kappa shape index (κ2) is 7.68. The van der Waals surface area contributed by atoms with Gasteiger partial charge in [0.1, 0.15) is 0 Å². The number of hydrogen-bond donors (Lipinski definition) is 2. The van der Waals surface area contributed by atoms with E-state index in [2.05, 4.69) is 25.2 Å². The van der Waals surface area contributed by atoms with E-state index in [1.54, 1.807) is 0 Å². The maximum absolute atomic E-state index is 11.7. The molecule has 0 saturated carbocycles. The average Bonchev–Trinajstić information content (AvgIpc) is 2.28. The molecule has 0 aliphatic rings. The van der Waals surface area contributed by atoms with Crippen LogP contribution in [-0.2, 0) is 4.79 Å². The van der Waals surface area contributed by atoms with Crippen molar-refractivity contribution in [3.8, 4) is 0 Å². The van der Waals surface area contributed by atoms with Gasteiger partial charge in [0.2, 0.25) is 0 Å². The molecule has 0 aromatic rings. The van der Waals surface area contributed by atoms with Crippen molar-refractivity contribution in [2.75, 3.05) is 0 Å². The molecule has 1 atom stereocenters. The first-order valence-corrected chi connectivity index (χ1v) is 13.1. The van der Waals surface area contributed by atoms with E-state index >= 15 is 0 Å². The van der Waals surface area contributed by atoms with Crippen molar-refractivity contribution < 1.29 is 4.79 Å². The van der Waals surface area contributed by atoms with Gasteiger partial charge in [-0.25, -0.2) is 0 Å². The number of carbonyl (C=O) groups excluding carboxylic acids is 1. The van der Waals surface area contributed by atoms with E-state index in [0.29, 0.717) is 0 Å². The molecule has 0 aromatic carbocycles. The van der Waals surface area contributed by atoms with Gasteiger partial charge in [0.25, 0.3) is 0 Å². The van der Waals surface area contributed by atoms with Crippen LogP contribution in [0.2, 0.25) is 17.2 Å². The summed E-state index contributed by atoms with van der Waals surface area (Å²) in [7, 11) is 0. The fourth-order valence-electron chi connectivity index (χ4n) is 2.05. The molecule has 3 nitrogen and oxygen atoms in total. The number of hydrogen-bond acceptors (Lipinski definition) is 2. The van der Waals surface area contributed by atoms with Crippen LogP contribution in [0.4, 0.5) is 0 Å². The van der Waals surface area contributed by atoms with Crippen LogP contribution >= 0.6 is 0 Å². The number of rotatable bonds is 8. The number of amides is 1. The zero-order valence-corrected chi connectivity index (χ0v) is 12.9. The molecule has 3 N–H and O–H groups in total. The summed E-state index contributed by atoms with van der Waals surface area (Å²) in [6.07, 6.45) is 5.76. The molecule has 0 bridgehead atoms. The van der Waals surface area contributed by atoms with Gasteiger partial charge in [-0.05, 0) is 0 Å². The van der Waals surface area contributed by atoms with E-state index in [0.717, 1.165) is 13.3 Å². The van der Waals surface area contributed by atoms with Crippen LogP contribution in [0.1, 0.15) is 6.92 Å². The summed E-state index contributed by atoms with van der Waals surface area (Å²) < 4.78 is 2.84. The van der Waals surface area contributed by atoms with Crippen LogP contribution < -0.4 is 11.3 Å². The van der Waals surface area contributed by atoms with Crippen molar-refractivity contribution in [1.29, 1.82) is 0 Å². The summed E-state index contributed by atoms with van der Waals surface area (Å²) in [6, 6.07) is 0. The second-order valence-corrected chi connectivity index (χ2v) is 17.8. The maximum atomic E-state index is 11.7. The van der Waals surface area contributed by atoms with Gasteiger partial charge in [-0.3, -0.25) is 0 Å². The first-order chi connectivity index (χ1) is 7.57. The molecule has 0 heterocycles. The van der Waals surface area contributed by atoms with E-state index in [4.69, 9.17) is 5.84 Å². The molecule has 0 aromatic heterocycles. The normalized spacial score (nSPS) is 12.6. The Balaban J connectivity index is 5.11. The molecule has 0 aliphatic carbocycles. The monoisotopic (exact) mass is 330 g/mol. The quantitative estimate of drug-likeness (QED) is 0.236. The molecule has 1 amide bonds. The summed E-state index contributed by atoms with van der Waals surface area (Å²) in [5.41, 5.74) is 2.26. The Labute approximate surface area is 102 Å². The fourth-order valence-corrected chi connectivity index (χ4v) is 13.2. The molecular formula is C12H22N2OSn. The van der Waals surface area contributed by atoms with Crippen molar-refractivity contribution in [2.45, 2.75) is 24.2 Å². The molecular weight excluding hydrogens is 307 g/mol. The summed E-state index contributed by atoms with van der Waals surface area (Å²) in [4.78, 5) is 11.7. The second-order valence-electron chi connectivity index (χ2n) is 4.07. The molecule has 4 heteroatoms. The van der Waals surface area contributed by atoms with E-state index in [-0.39, 0.29) is 9.84 Å². The third-order valence-corrected chi connectivity index (χ3v) is 18.5. The first-order valence-electron chi connectivity index (χ1n) is 5.41. The van der Waals surface area contributed by atoms with E-state index in [1.807, 2.05) is 25.2 Å². The topological polar surface area (TPSA) is 55.1 Å². The van der Waals surface area contributed by atoms with Gasteiger partial charge in [0, 0.05) is 0 Å². The number of nitrogens with two attached hydrogens (primary N) is 1. The number of allylic oxidation sites excluding steroid dienone is 3. The molecule has 0 radical (unpaired) electrons. The van der Waals surface area contributed by atoms with Crippen molar-refractivity contribution in [3.63, 3.8) is 0 Å². The van der Waals surface area contributed by atoms with Gasteiger partial charge >= 0.3 is 102 Å². The van der Waals surface area contributed by atoms with Gasteiger partial charge in [-0.15, -0.1) is 0 Å². The Hall–Kier alpha value is -0.551. The van der Waals surface area contributed by atoms with Crippen molar-refractivity contribution in [3.05, 3.63) is 38.0 Å². The Morgan fingerprint density at radius 3 is 1.88 bits per heavy atom. The van der Waals surface area contributed by atoms with Crippen molar-refractivity contribution >= 4 is 24.3 Å². The van der Waals surface area contributed by atoms with Crippen LogP contribution in [0.5, 0.6) is 0 Å². The third kappa shape index (κ3) is 3.79. The van der Waals surface area contributed by atoms with Gasteiger partial charge in [0.05, 0.1) is 0 Å². The zero-order chi connectivity index (χ0) is 12.6. The van der Waals surface area contributed by atoms with Crippen LogP contribution in [0.25, 0.3) is 0 Å². The Morgan fingerprint density at radius 2 is 1.62 bits per heavy atom. The van der Waals surface area contributed by atoms with Gasteiger partial charge in [-0.2, -0.15) is 0 Å². The summed E-state index contributed by atoms with van der Waals surface area (Å²) in [5, 5.41) is 0. The number of carbonyl (C=O) groups is 1. The average molecular weight is 329 g/mol. The van der Waals surface area contributed by atoms with E-state index in [1.165, 1.54) is 0 Å². The summed E-state index contributed by atoms with van der Waals surface area (Å²) in [6.45, 7) is 13.4. The van der Waals surface area contributed by atoms with Gasteiger partial charge < -0.3 is 0 Å². The minimum absolute atomic E-state index is 0.00769. The molecule has 0 aliphatic heterocycles. The molecule has 90 valence electrons. The van der Waals surface area contributed by atoms with Crippen LogP contribution in [0.15, 0.2) is 38.0 Å². The third-order valence-electron chi connectivity index (χ3n) is 3.11. The fraction of sp³-hybridized carbons (Fsp3) is 0.417. The van der Waals surface area contributed by atoms with Crippen LogP contribution in [0.3, 0.4) is 0 Å². The zero-order valence-electron chi connectivity index (χ0n) is 10.0. The SMILES string of the molecule is C=C[CH2][Sn]([CH2]C=C)([CH2]C=C)[CH](C)C(=O)NN. The van der Waals surface area contributed by atoms with Crippen LogP contribution in [0, 0.1) is 0 Å². The summed E-state index contributed by atoms with van der Waals surface area (Å²) in [5.74, 6) is 5.15. The minimum atomic E-state index is -2.66. The van der Waals surface area contributed by atoms with E-state index in [9.17, 15) is 4.79 Å². The Bertz CT molecular complexity index is 250. The number of hydrazine groups is 1. The molecule has 1 unspecified atom stereocenters. The molecule has 0 spiro atoms. The molecule has 0 rings (SSSR count). The predicted molar refractivity (Wildman–Crippen MR) is 72.5 cm³/mol. The van der Waals surface area contributed by atoms with E-state index < -0.39 is 18.4 Å². The summed E-state index contributed by atoms with van der Waals surface area (Å²) >= 11 is -2.66. The van der Waals surface area contributed by atoms with Crippen molar-refractivity contribution in [2.24, 2.45) is 5.84 Å². The Morgan fingerprint density at radius 1 is 1.25 bits per heavy atom. The van der Waals surface area contributed by atoms with Crippen LogP contribution in [-0.4, -0.2) is 24.3 Å². The molecule has 0 saturated heterocycles. The predicted octanol–water partition coefficient (Wildman–Crippen LogP) is 2.37. The van der Waals surface area contributed by atoms with Gasteiger partial charge in [0.15, 0.2) is 0 Å².